The van der Waals surface area contributed by atoms with E-state index in [0.29, 0.717) is 35.5 Å². The number of oxime groups is 1. The number of benzene rings is 3. The summed E-state index contributed by atoms with van der Waals surface area (Å²) in [7, 11) is 0. The van der Waals surface area contributed by atoms with Crippen LogP contribution in [0.15, 0.2) is 65.8 Å². The van der Waals surface area contributed by atoms with Crippen molar-refractivity contribution in [1.29, 1.82) is 0 Å². The number of aromatic hydroxyl groups is 1. The first-order valence-corrected chi connectivity index (χ1v) is 10.7. The van der Waals surface area contributed by atoms with Crippen LogP contribution in [0.1, 0.15) is 54.2 Å². The van der Waals surface area contributed by atoms with Gasteiger partial charge in [0.25, 0.3) is 0 Å². The molecule has 0 amide bonds. The minimum absolute atomic E-state index is 0.0320. The van der Waals surface area contributed by atoms with E-state index < -0.39 is 0 Å². The molecule has 0 aliphatic rings. The van der Waals surface area contributed by atoms with Crippen molar-refractivity contribution in [2.45, 2.75) is 40.7 Å². The smallest absolute Gasteiger partial charge is 0.170 e. The number of ketones is 1. The zero-order valence-corrected chi connectivity index (χ0v) is 19.4. The maximum absolute atomic E-state index is 12.6. The molecule has 0 saturated carbocycles. The topological polar surface area (TPSA) is 105 Å². The molecule has 0 atom stereocenters. The summed E-state index contributed by atoms with van der Waals surface area (Å²) < 4.78 is 5.97. The van der Waals surface area contributed by atoms with E-state index >= 15 is 0 Å². The maximum Gasteiger partial charge on any atom is 0.170 e. The van der Waals surface area contributed by atoms with Gasteiger partial charge in [0.1, 0.15) is 18.1 Å². The molecule has 3 aromatic rings. The first-order valence-electron chi connectivity index (χ1n) is 10.7. The fourth-order valence-electron chi connectivity index (χ4n) is 3.56. The molecule has 0 bridgehead atoms. The van der Waals surface area contributed by atoms with E-state index in [0.717, 1.165) is 16.7 Å². The lowest BCUT2D eigenvalue weighted by atomic mass is 9.87. The summed E-state index contributed by atoms with van der Waals surface area (Å²) in [5.41, 5.74) is 9.87. The van der Waals surface area contributed by atoms with Crippen LogP contribution < -0.4 is 10.5 Å². The molecule has 0 aromatic heterocycles. The summed E-state index contributed by atoms with van der Waals surface area (Å²) >= 11 is 0. The van der Waals surface area contributed by atoms with Crippen molar-refractivity contribution in [3.05, 3.63) is 82.9 Å². The largest absolute Gasteiger partial charge is 0.507 e. The molecule has 3 aromatic carbocycles. The lowest BCUT2D eigenvalue weighted by Crippen LogP contribution is -2.13. The highest BCUT2D eigenvalue weighted by Gasteiger charge is 2.21. The molecule has 0 spiro atoms. The summed E-state index contributed by atoms with van der Waals surface area (Å²) in [6.07, 6.45) is 0.351. The van der Waals surface area contributed by atoms with Crippen molar-refractivity contribution in [2.75, 3.05) is 0 Å². The maximum atomic E-state index is 12.6. The number of carbonyl (C=O) groups is 1. The molecule has 4 N–H and O–H groups in total. The third kappa shape index (κ3) is 5.92. The Hall–Kier alpha value is -3.80. The van der Waals surface area contributed by atoms with Crippen LogP contribution in [0.25, 0.3) is 11.1 Å². The second-order valence-electron chi connectivity index (χ2n) is 9.30. The molecule has 0 aliphatic heterocycles. The Balaban J connectivity index is 1.77. The van der Waals surface area contributed by atoms with Crippen molar-refractivity contribution in [2.24, 2.45) is 16.3 Å². The number of carbonyl (C=O) groups excluding carboxylic acids is 1. The number of nitrogens with zero attached hydrogens (tertiary/aromatic N) is 1. The van der Waals surface area contributed by atoms with Gasteiger partial charge in [0.15, 0.2) is 11.6 Å². The Kier molecular flexibility index (Phi) is 7.07. The molecule has 172 valence electrons. The zero-order chi connectivity index (χ0) is 24.2. The van der Waals surface area contributed by atoms with Gasteiger partial charge in [0, 0.05) is 17.5 Å². The van der Waals surface area contributed by atoms with E-state index in [1.807, 2.05) is 63.2 Å². The standard InChI is InChI=1S/C27H30N2O4/c1-17-24(12-11-22(25(17)31)23(30)15-27(2,3)4)33-16-18-7-5-8-19(13-18)20-9-6-10-21(14-20)26(28)29-32/h5-14,31-32H,15-16H2,1-4H3,(H2,28,29). The molecule has 6 heteroatoms. The van der Waals surface area contributed by atoms with Crippen LogP contribution in [0, 0.1) is 12.3 Å². The van der Waals surface area contributed by atoms with E-state index in [1.54, 1.807) is 25.1 Å². The monoisotopic (exact) mass is 446 g/mol. The molecule has 33 heavy (non-hydrogen) atoms. The Morgan fingerprint density at radius 2 is 1.70 bits per heavy atom. The van der Waals surface area contributed by atoms with Crippen molar-refractivity contribution >= 4 is 11.6 Å². The van der Waals surface area contributed by atoms with Crippen LogP contribution in [0.2, 0.25) is 0 Å². The molecule has 0 aliphatic carbocycles. The summed E-state index contributed by atoms with van der Waals surface area (Å²) in [5.74, 6) is 0.460. The zero-order valence-electron chi connectivity index (χ0n) is 19.4. The average Bonchev–Trinajstić information content (AvgIpc) is 2.78. The SMILES string of the molecule is Cc1c(OCc2cccc(-c3cccc(/C(N)=N/O)c3)c2)ccc(C(=O)CC(C)(C)C)c1O. The minimum atomic E-state index is -0.159. The fraction of sp³-hybridized carbons (Fsp3) is 0.259. The average molecular weight is 447 g/mol. The molecule has 6 nitrogen and oxygen atoms in total. The predicted molar refractivity (Wildman–Crippen MR) is 130 cm³/mol. The van der Waals surface area contributed by atoms with Gasteiger partial charge in [-0.1, -0.05) is 62.3 Å². The van der Waals surface area contributed by atoms with Crippen molar-refractivity contribution in [3.63, 3.8) is 0 Å². The highest BCUT2D eigenvalue weighted by molar-refractivity contribution is 5.99. The van der Waals surface area contributed by atoms with Gasteiger partial charge in [-0.25, -0.2) is 0 Å². The number of phenols is 1. The molecular formula is C27H30N2O4. The van der Waals surface area contributed by atoms with Crippen molar-refractivity contribution in [3.8, 4) is 22.6 Å². The van der Waals surface area contributed by atoms with Gasteiger partial charge in [-0.15, -0.1) is 0 Å². The van der Waals surface area contributed by atoms with Gasteiger partial charge >= 0.3 is 0 Å². The molecule has 3 rings (SSSR count). The Labute approximate surface area is 194 Å². The minimum Gasteiger partial charge on any atom is -0.507 e. The summed E-state index contributed by atoms with van der Waals surface area (Å²) in [6, 6.07) is 18.6. The Morgan fingerprint density at radius 3 is 2.36 bits per heavy atom. The number of phenolic OH excluding ortho intramolecular Hbond substituents is 1. The van der Waals surface area contributed by atoms with Gasteiger partial charge in [0.05, 0.1) is 5.56 Å². The third-order valence-electron chi connectivity index (χ3n) is 5.29. The summed E-state index contributed by atoms with van der Waals surface area (Å²) in [5, 5.41) is 22.6. The molecular weight excluding hydrogens is 416 g/mol. The first kappa shape index (κ1) is 23.9. The van der Waals surface area contributed by atoms with Gasteiger partial charge in [0.2, 0.25) is 0 Å². The highest BCUT2D eigenvalue weighted by atomic mass is 16.5. The van der Waals surface area contributed by atoms with Crippen LogP contribution in [-0.4, -0.2) is 21.9 Å². The lowest BCUT2D eigenvalue weighted by molar-refractivity contribution is 0.0937. The van der Waals surface area contributed by atoms with Crippen molar-refractivity contribution < 1.29 is 19.8 Å². The molecule has 0 unspecified atom stereocenters. The Morgan fingerprint density at radius 1 is 1.03 bits per heavy atom. The number of hydrogen-bond donors (Lipinski definition) is 3. The number of hydrogen-bond acceptors (Lipinski definition) is 5. The van der Waals surface area contributed by atoms with Crippen LogP contribution in [-0.2, 0) is 6.61 Å². The van der Waals surface area contributed by atoms with Gasteiger partial charge < -0.3 is 20.8 Å². The quantitative estimate of drug-likeness (QED) is 0.143. The summed E-state index contributed by atoms with van der Waals surface area (Å²) in [6.45, 7) is 8.01. The third-order valence-corrected chi connectivity index (χ3v) is 5.29. The van der Waals surface area contributed by atoms with Crippen molar-refractivity contribution in [1.82, 2.24) is 0 Å². The predicted octanol–water partition coefficient (Wildman–Crippen LogP) is 5.66. The van der Waals surface area contributed by atoms with Gasteiger partial charge in [-0.2, -0.15) is 0 Å². The summed E-state index contributed by atoms with van der Waals surface area (Å²) in [4.78, 5) is 12.6. The Bertz CT molecular complexity index is 1190. The molecule has 0 heterocycles. The number of amidine groups is 1. The van der Waals surface area contributed by atoms with E-state index in [9.17, 15) is 9.90 Å². The fourth-order valence-corrected chi connectivity index (χ4v) is 3.56. The van der Waals surface area contributed by atoms with E-state index in [4.69, 9.17) is 15.7 Å². The number of ether oxygens (including phenoxy) is 1. The van der Waals surface area contributed by atoms with E-state index in [2.05, 4.69) is 5.16 Å². The van der Waals surface area contributed by atoms with E-state index in [-0.39, 0.29) is 22.8 Å². The molecule has 0 radical (unpaired) electrons. The molecule has 0 saturated heterocycles. The van der Waals surface area contributed by atoms with Crippen LogP contribution in [0.5, 0.6) is 11.5 Å². The van der Waals surface area contributed by atoms with Gasteiger partial charge in [-0.05, 0) is 53.3 Å². The second-order valence-corrected chi connectivity index (χ2v) is 9.30. The van der Waals surface area contributed by atoms with E-state index in [1.165, 1.54) is 0 Å². The van der Waals surface area contributed by atoms with Crippen LogP contribution >= 0.6 is 0 Å². The van der Waals surface area contributed by atoms with Gasteiger partial charge in [-0.3, -0.25) is 4.79 Å². The highest BCUT2D eigenvalue weighted by Crippen LogP contribution is 2.33. The lowest BCUT2D eigenvalue weighted by Gasteiger charge is -2.18. The molecule has 0 fully saturated rings. The normalized spacial score (nSPS) is 11.9. The van der Waals surface area contributed by atoms with Crippen LogP contribution in [0.4, 0.5) is 0 Å². The van der Waals surface area contributed by atoms with Crippen LogP contribution in [0.3, 0.4) is 0 Å². The number of rotatable bonds is 7. The second kappa shape index (κ2) is 9.77. The number of Topliss-reactive ketones (excluding diaryl/α,β-unsaturated/α-hetero) is 1. The number of nitrogens with two attached hydrogens (primary N) is 1. The first-order chi connectivity index (χ1) is 15.6.